The fourth-order valence-electron chi connectivity index (χ4n) is 1.63. The fraction of sp³-hybridized carbons (Fsp3) is 0.400. The van der Waals surface area contributed by atoms with E-state index in [1.807, 2.05) is 0 Å². The summed E-state index contributed by atoms with van der Waals surface area (Å²) in [6, 6.07) is 2.08. The number of nitrogens with one attached hydrogen (secondary N) is 1. The summed E-state index contributed by atoms with van der Waals surface area (Å²) >= 11 is 5.74. The van der Waals surface area contributed by atoms with Gasteiger partial charge in [0.15, 0.2) is 0 Å². The average molecular weight is 357 g/mol. The van der Waals surface area contributed by atoms with Gasteiger partial charge >= 0.3 is 0 Å². The Hall–Kier alpha value is -1.23. The summed E-state index contributed by atoms with van der Waals surface area (Å²) in [7, 11) is -7.55. The van der Waals surface area contributed by atoms with Crippen LogP contribution in [-0.2, 0) is 19.9 Å². The normalized spacial score (nSPS) is 13.9. The molecule has 0 radical (unpaired) electrons. The fourth-order valence-corrected chi connectivity index (χ4v) is 4.49. The van der Waals surface area contributed by atoms with Crippen molar-refractivity contribution >= 4 is 37.1 Å². The van der Waals surface area contributed by atoms with Crippen LogP contribution in [0.15, 0.2) is 23.1 Å². The van der Waals surface area contributed by atoms with E-state index in [0.717, 1.165) is 24.5 Å². The monoisotopic (exact) mass is 356 g/mol. The molecule has 1 rings (SSSR count). The van der Waals surface area contributed by atoms with Crippen LogP contribution in [-0.4, -0.2) is 39.8 Å². The third kappa shape index (κ3) is 5.23. The Labute approximate surface area is 127 Å². The zero-order valence-electron chi connectivity index (χ0n) is 11.1. The number of non-ortho nitro benzene ring substituents is 1. The number of halogens is 1. The van der Waals surface area contributed by atoms with Gasteiger partial charge in [0.25, 0.3) is 5.69 Å². The molecule has 1 N–H and O–H groups in total. The molecule has 11 heteroatoms. The molecule has 0 aliphatic rings. The van der Waals surface area contributed by atoms with E-state index in [2.05, 4.69) is 4.72 Å². The number of nitro benzene ring substituents is 1. The van der Waals surface area contributed by atoms with Crippen LogP contribution in [0.5, 0.6) is 0 Å². The lowest BCUT2D eigenvalue weighted by Crippen LogP contribution is -2.37. The lowest BCUT2D eigenvalue weighted by Gasteiger charge is -2.13. The van der Waals surface area contributed by atoms with E-state index >= 15 is 0 Å². The number of hydrogen-bond donors (Lipinski definition) is 1. The Balaban J connectivity index is 3.14. The first-order valence-electron chi connectivity index (χ1n) is 5.56. The predicted molar refractivity (Wildman–Crippen MR) is 77.6 cm³/mol. The number of nitro groups is 1. The molecule has 0 saturated heterocycles. The highest BCUT2D eigenvalue weighted by Crippen LogP contribution is 2.26. The minimum Gasteiger partial charge on any atom is -0.258 e. The van der Waals surface area contributed by atoms with Crippen molar-refractivity contribution in [3.63, 3.8) is 0 Å². The molecule has 118 valence electrons. The summed E-state index contributed by atoms with van der Waals surface area (Å²) in [5.41, 5.74) is -0.435. The molecular weight excluding hydrogens is 344 g/mol. The zero-order valence-corrected chi connectivity index (χ0v) is 13.5. The van der Waals surface area contributed by atoms with E-state index in [0.29, 0.717) is 0 Å². The van der Waals surface area contributed by atoms with Crippen LogP contribution in [0.4, 0.5) is 5.69 Å². The number of nitrogens with zero attached hydrogens (tertiary/aromatic N) is 1. The van der Waals surface area contributed by atoms with Crippen molar-refractivity contribution < 1.29 is 21.8 Å². The van der Waals surface area contributed by atoms with E-state index in [-0.39, 0.29) is 5.02 Å². The molecule has 0 aromatic heterocycles. The molecule has 0 saturated carbocycles. The minimum atomic E-state index is -4.17. The number of sulfonamides is 1. The second-order valence-corrected chi connectivity index (χ2v) is 8.76. The third-order valence-corrected chi connectivity index (χ3v) is 5.50. The van der Waals surface area contributed by atoms with Crippen molar-refractivity contribution in [2.24, 2.45) is 0 Å². The minimum absolute atomic E-state index is 0.195. The Morgan fingerprint density at radius 2 is 1.90 bits per heavy atom. The second kappa shape index (κ2) is 6.26. The molecule has 0 bridgehead atoms. The number of rotatable bonds is 6. The van der Waals surface area contributed by atoms with Gasteiger partial charge in [-0.1, -0.05) is 11.6 Å². The van der Waals surface area contributed by atoms with E-state index in [1.165, 1.54) is 6.92 Å². The van der Waals surface area contributed by atoms with Crippen molar-refractivity contribution in [3.8, 4) is 0 Å². The topological polar surface area (TPSA) is 123 Å². The largest absolute Gasteiger partial charge is 0.270 e. The molecule has 0 heterocycles. The summed E-state index contributed by atoms with van der Waals surface area (Å²) in [6.07, 6.45) is 0.970. The van der Waals surface area contributed by atoms with Crippen LogP contribution in [0.25, 0.3) is 0 Å². The maximum Gasteiger partial charge on any atom is 0.270 e. The number of hydrogen-bond acceptors (Lipinski definition) is 6. The summed E-state index contributed by atoms with van der Waals surface area (Å²) in [6.45, 7) is 1.36. The molecule has 0 aliphatic heterocycles. The summed E-state index contributed by atoms with van der Waals surface area (Å²) < 4.78 is 48.6. The average Bonchev–Trinajstić information content (AvgIpc) is 2.24. The van der Waals surface area contributed by atoms with E-state index in [1.54, 1.807) is 0 Å². The predicted octanol–water partition coefficient (Wildman–Crippen LogP) is 0.960. The standard InChI is InChI=1S/C10H13ClN2O6S2/c1-7(6-20(2,16)17)12-21(18,19)10-5-8(13(14)15)3-4-9(10)11/h3-5,7,12H,6H2,1-2H3. The van der Waals surface area contributed by atoms with Crippen LogP contribution < -0.4 is 4.72 Å². The molecule has 1 aromatic carbocycles. The lowest BCUT2D eigenvalue weighted by molar-refractivity contribution is -0.385. The van der Waals surface area contributed by atoms with Crippen molar-refractivity contribution in [3.05, 3.63) is 33.3 Å². The number of benzene rings is 1. The first kappa shape index (κ1) is 17.8. The third-order valence-electron chi connectivity index (χ3n) is 2.32. The summed E-state index contributed by atoms with van der Waals surface area (Å²) in [5, 5.41) is 10.5. The second-order valence-electron chi connectivity index (χ2n) is 4.49. The van der Waals surface area contributed by atoms with Crippen LogP contribution in [0, 0.1) is 10.1 Å². The van der Waals surface area contributed by atoms with Crippen molar-refractivity contribution in [1.29, 1.82) is 0 Å². The Morgan fingerprint density at radius 3 is 2.38 bits per heavy atom. The molecule has 1 unspecified atom stereocenters. The van der Waals surface area contributed by atoms with Gasteiger partial charge in [0.2, 0.25) is 10.0 Å². The highest BCUT2D eigenvalue weighted by atomic mass is 35.5. The van der Waals surface area contributed by atoms with Gasteiger partial charge in [0, 0.05) is 24.4 Å². The van der Waals surface area contributed by atoms with Gasteiger partial charge in [-0.2, -0.15) is 0 Å². The van der Waals surface area contributed by atoms with Gasteiger partial charge < -0.3 is 0 Å². The molecule has 0 aliphatic carbocycles. The van der Waals surface area contributed by atoms with Gasteiger partial charge in [0.1, 0.15) is 14.7 Å². The van der Waals surface area contributed by atoms with Crippen molar-refractivity contribution in [1.82, 2.24) is 4.72 Å². The quantitative estimate of drug-likeness (QED) is 0.598. The first-order chi connectivity index (χ1) is 9.42. The molecule has 1 aromatic rings. The van der Waals surface area contributed by atoms with Crippen molar-refractivity contribution in [2.45, 2.75) is 17.9 Å². The molecule has 8 nitrogen and oxygen atoms in total. The van der Waals surface area contributed by atoms with Gasteiger partial charge in [-0.3, -0.25) is 10.1 Å². The first-order valence-corrected chi connectivity index (χ1v) is 9.48. The molecule has 0 spiro atoms. The van der Waals surface area contributed by atoms with Gasteiger partial charge in [-0.05, 0) is 13.0 Å². The highest BCUT2D eigenvalue weighted by molar-refractivity contribution is 7.91. The molecule has 1 atom stereocenters. The van der Waals surface area contributed by atoms with Crippen LogP contribution in [0.3, 0.4) is 0 Å². The Bertz CT molecular complexity index is 760. The SMILES string of the molecule is CC(CS(C)(=O)=O)NS(=O)(=O)c1cc([N+](=O)[O-])ccc1Cl. The molecule has 0 fully saturated rings. The Morgan fingerprint density at radius 1 is 1.33 bits per heavy atom. The van der Waals surface area contributed by atoms with Crippen molar-refractivity contribution in [2.75, 3.05) is 12.0 Å². The lowest BCUT2D eigenvalue weighted by atomic mass is 10.3. The molecular formula is C10H13ClN2O6S2. The van der Waals surface area contributed by atoms with Gasteiger partial charge in [-0.25, -0.2) is 21.6 Å². The maximum absolute atomic E-state index is 12.1. The van der Waals surface area contributed by atoms with E-state index < -0.39 is 47.2 Å². The molecule has 0 amide bonds. The van der Waals surface area contributed by atoms with Gasteiger partial charge in [0.05, 0.1) is 15.7 Å². The molecule has 21 heavy (non-hydrogen) atoms. The van der Waals surface area contributed by atoms with E-state index in [4.69, 9.17) is 11.6 Å². The van der Waals surface area contributed by atoms with Crippen LogP contribution in [0.2, 0.25) is 5.02 Å². The Kier molecular flexibility index (Phi) is 5.31. The highest BCUT2D eigenvalue weighted by Gasteiger charge is 2.24. The van der Waals surface area contributed by atoms with E-state index in [9.17, 15) is 26.9 Å². The summed E-state index contributed by atoms with van der Waals surface area (Å²) in [5.74, 6) is -0.404. The summed E-state index contributed by atoms with van der Waals surface area (Å²) in [4.78, 5) is 9.44. The maximum atomic E-state index is 12.1. The zero-order chi connectivity index (χ0) is 16.4. The van der Waals surface area contributed by atoms with Gasteiger partial charge in [-0.15, -0.1) is 0 Å². The van der Waals surface area contributed by atoms with Crippen LogP contribution >= 0.6 is 11.6 Å². The van der Waals surface area contributed by atoms with Crippen LogP contribution in [0.1, 0.15) is 6.92 Å². The smallest absolute Gasteiger partial charge is 0.258 e. The number of sulfone groups is 1.